The summed E-state index contributed by atoms with van der Waals surface area (Å²) in [5.41, 5.74) is 0. The van der Waals surface area contributed by atoms with Gasteiger partial charge in [-0.3, -0.25) is 4.79 Å². The smallest absolute Gasteiger partial charge is 0.306 e. The predicted octanol–water partition coefficient (Wildman–Crippen LogP) is 0.113. The quantitative estimate of drug-likeness (QED) is 0.756. The Morgan fingerprint density at radius 1 is 1.31 bits per heavy atom. The van der Waals surface area contributed by atoms with Crippen molar-refractivity contribution in [2.45, 2.75) is 23.2 Å². The molecule has 1 heterocycles. The largest absolute Gasteiger partial charge is 0.481 e. The van der Waals surface area contributed by atoms with Crippen LogP contribution in [0.2, 0.25) is 0 Å². The number of carbonyl (C=O) groups is 1. The number of sulfone groups is 1. The van der Waals surface area contributed by atoms with Crippen LogP contribution in [-0.4, -0.2) is 34.7 Å². The third-order valence-corrected chi connectivity index (χ3v) is 4.66. The van der Waals surface area contributed by atoms with Crippen LogP contribution in [0.25, 0.3) is 0 Å². The fraction of sp³-hybridized carbons (Fsp3) is 0.444. The summed E-state index contributed by atoms with van der Waals surface area (Å²) >= 11 is 0. The molecule has 6 nitrogen and oxygen atoms in total. The van der Waals surface area contributed by atoms with Gasteiger partial charge in [-0.2, -0.15) is 0 Å². The predicted molar refractivity (Wildman–Crippen MR) is 53.4 cm³/mol. The highest BCUT2D eigenvalue weighted by Gasteiger charge is 2.44. The number of carboxylic acids is 1. The van der Waals surface area contributed by atoms with Gasteiger partial charge in [0.2, 0.25) is 15.0 Å². The number of nitrogens with zero attached hydrogens (tertiary/aromatic N) is 2. The summed E-state index contributed by atoms with van der Waals surface area (Å²) in [5, 5.41) is 7.79. The molecule has 86 valence electrons. The molecule has 0 aliphatic heterocycles. The lowest BCUT2D eigenvalue weighted by Gasteiger charge is -2.30. The highest BCUT2D eigenvalue weighted by atomic mass is 32.2. The van der Waals surface area contributed by atoms with E-state index in [-0.39, 0.29) is 18.0 Å². The molecule has 1 aliphatic rings. The number of aromatic nitrogens is 2. The van der Waals surface area contributed by atoms with Crippen LogP contribution in [0.4, 0.5) is 0 Å². The third kappa shape index (κ3) is 1.78. The number of hydrogen-bond donors (Lipinski definition) is 1. The SMILES string of the molecule is O=C(O)C1CC(S(=O)(=O)c2ncccn2)C1. The van der Waals surface area contributed by atoms with Gasteiger partial charge in [-0.25, -0.2) is 18.4 Å². The van der Waals surface area contributed by atoms with Crippen molar-refractivity contribution in [2.75, 3.05) is 0 Å². The van der Waals surface area contributed by atoms with Gasteiger partial charge in [-0.15, -0.1) is 0 Å². The van der Waals surface area contributed by atoms with E-state index in [4.69, 9.17) is 5.11 Å². The number of hydrogen-bond acceptors (Lipinski definition) is 5. The molecule has 0 atom stereocenters. The molecule has 0 unspecified atom stereocenters. The zero-order valence-electron chi connectivity index (χ0n) is 8.28. The molecule has 0 saturated heterocycles. The first kappa shape index (κ1) is 11.0. The van der Waals surface area contributed by atoms with Crippen LogP contribution in [0.3, 0.4) is 0 Å². The molecule has 1 aromatic rings. The Bertz CT molecular complexity index is 494. The molecule has 0 bridgehead atoms. The zero-order valence-corrected chi connectivity index (χ0v) is 9.09. The summed E-state index contributed by atoms with van der Waals surface area (Å²) in [4.78, 5) is 17.9. The average Bonchev–Trinajstić information content (AvgIpc) is 2.15. The van der Waals surface area contributed by atoms with Crippen molar-refractivity contribution in [3.05, 3.63) is 18.5 Å². The van der Waals surface area contributed by atoms with E-state index >= 15 is 0 Å². The van der Waals surface area contributed by atoms with Gasteiger partial charge in [0, 0.05) is 12.4 Å². The second kappa shape index (κ2) is 3.82. The maximum atomic E-state index is 11.9. The van der Waals surface area contributed by atoms with Crippen LogP contribution in [0.5, 0.6) is 0 Å². The fourth-order valence-electron chi connectivity index (χ4n) is 1.60. The second-order valence-electron chi connectivity index (χ2n) is 3.70. The van der Waals surface area contributed by atoms with E-state index in [1.807, 2.05) is 0 Å². The molecule has 1 N–H and O–H groups in total. The molecule has 1 fully saturated rings. The van der Waals surface area contributed by atoms with Gasteiger partial charge in [0.15, 0.2) is 0 Å². The lowest BCUT2D eigenvalue weighted by Crippen LogP contribution is -2.40. The molecule has 1 aromatic heterocycles. The van der Waals surface area contributed by atoms with Crippen molar-refractivity contribution >= 4 is 15.8 Å². The van der Waals surface area contributed by atoms with E-state index in [0.29, 0.717) is 0 Å². The standard InChI is InChI=1S/C9H10N2O4S/c12-8(13)6-4-7(5-6)16(14,15)9-10-2-1-3-11-9/h1-3,6-7H,4-5H2,(H,12,13). The normalized spacial score (nSPS) is 24.8. The van der Waals surface area contributed by atoms with Gasteiger partial charge < -0.3 is 5.11 Å². The number of aliphatic carboxylic acids is 1. The van der Waals surface area contributed by atoms with Gasteiger partial charge in [0.05, 0.1) is 11.2 Å². The fourth-order valence-corrected chi connectivity index (χ4v) is 3.29. The number of rotatable bonds is 3. The highest BCUT2D eigenvalue weighted by molar-refractivity contribution is 7.91. The molecular formula is C9H10N2O4S. The Balaban J connectivity index is 2.15. The van der Waals surface area contributed by atoms with Crippen LogP contribution in [0.1, 0.15) is 12.8 Å². The minimum absolute atomic E-state index is 0.149. The van der Waals surface area contributed by atoms with Crippen molar-refractivity contribution in [3.8, 4) is 0 Å². The molecular weight excluding hydrogens is 232 g/mol. The average molecular weight is 242 g/mol. The first-order valence-electron chi connectivity index (χ1n) is 4.75. The molecule has 16 heavy (non-hydrogen) atoms. The van der Waals surface area contributed by atoms with Crippen LogP contribution < -0.4 is 0 Å². The third-order valence-electron chi connectivity index (χ3n) is 2.68. The topological polar surface area (TPSA) is 97.2 Å². The Hall–Kier alpha value is -1.50. The Kier molecular flexibility index (Phi) is 2.63. The summed E-state index contributed by atoms with van der Waals surface area (Å²) in [7, 11) is -3.55. The Morgan fingerprint density at radius 3 is 2.38 bits per heavy atom. The van der Waals surface area contributed by atoms with Crippen molar-refractivity contribution in [1.82, 2.24) is 9.97 Å². The molecule has 0 aromatic carbocycles. The van der Waals surface area contributed by atoms with Gasteiger partial charge in [0.25, 0.3) is 0 Å². The van der Waals surface area contributed by atoms with Crippen LogP contribution in [-0.2, 0) is 14.6 Å². The molecule has 0 amide bonds. The maximum absolute atomic E-state index is 11.9. The molecule has 1 aliphatic carbocycles. The van der Waals surface area contributed by atoms with E-state index in [9.17, 15) is 13.2 Å². The first-order valence-corrected chi connectivity index (χ1v) is 6.30. The van der Waals surface area contributed by atoms with E-state index < -0.39 is 27.0 Å². The van der Waals surface area contributed by atoms with Crippen LogP contribution >= 0.6 is 0 Å². The molecule has 0 radical (unpaired) electrons. The molecule has 7 heteroatoms. The summed E-state index contributed by atoms with van der Waals surface area (Å²) in [6, 6.07) is 1.53. The minimum Gasteiger partial charge on any atom is -0.481 e. The first-order chi connectivity index (χ1) is 7.51. The van der Waals surface area contributed by atoms with E-state index in [1.165, 1.54) is 18.5 Å². The molecule has 2 rings (SSSR count). The van der Waals surface area contributed by atoms with Crippen LogP contribution in [0.15, 0.2) is 23.6 Å². The second-order valence-corrected chi connectivity index (χ2v) is 5.83. The van der Waals surface area contributed by atoms with Crippen molar-refractivity contribution in [1.29, 1.82) is 0 Å². The summed E-state index contributed by atoms with van der Waals surface area (Å²) in [5.74, 6) is -1.50. The monoisotopic (exact) mass is 242 g/mol. The summed E-state index contributed by atoms with van der Waals surface area (Å²) in [6.07, 6.45) is 3.01. The Labute approximate surface area is 92.3 Å². The molecule has 0 spiro atoms. The van der Waals surface area contributed by atoms with Crippen molar-refractivity contribution < 1.29 is 18.3 Å². The van der Waals surface area contributed by atoms with Gasteiger partial charge in [-0.05, 0) is 18.9 Å². The van der Waals surface area contributed by atoms with Gasteiger partial charge in [0.1, 0.15) is 0 Å². The minimum atomic E-state index is -3.55. The zero-order chi connectivity index (χ0) is 11.8. The van der Waals surface area contributed by atoms with E-state index in [1.54, 1.807) is 0 Å². The lowest BCUT2D eigenvalue weighted by molar-refractivity contribution is -0.144. The number of carboxylic acid groups (broad SMARTS) is 1. The highest BCUT2D eigenvalue weighted by Crippen LogP contribution is 2.35. The maximum Gasteiger partial charge on any atom is 0.306 e. The van der Waals surface area contributed by atoms with E-state index in [2.05, 4.69) is 9.97 Å². The van der Waals surface area contributed by atoms with Crippen LogP contribution in [0, 0.1) is 5.92 Å². The van der Waals surface area contributed by atoms with Crippen molar-refractivity contribution in [2.24, 2.45) is 5.92 Å². The van der Waals surface area contributed by atoms with Gasteiger partial charge >= 0.3 is 5.97 Å². The van der Waals surface area contributed by atoms with Gasteiger partial charge in [-0.1, -0.05) is 0 Å². The summed E-state index contributed by atoms with van der Waals surface area (Å²) in [6.45, 7) is 0. The lowest BCUT2D eigenvalue weighted by atomic mass is 9.85. The molecule has 1 saturated carbocycles. The summed E-state index contributed by atoms with van der Waals surface area (Å²) < 4.78 is 23.7. The van der Waals surface area contributed by atoms with Crippen molar-refractivity contribution in [3.63, 3.8) is 0 Å². The van der Waals surface area contributed by atoms with E-state index in [0.717, 1.165) is 0 Å². The Morgan fingerprint density at radius 2 is 1.88 bits per heavy atom.